The first-order chi connectivity index (χ1) is 8.43. The summed E-state index contributed by atoms with van der Waals surface area (Å²) in [6.45, 7) is 3.20. The van der Waals surface area contributed by atoms with Crippen LogP contribution in [0.3, 0.4) is 0 Å². The van der Waals surface area contributed by atoms with Crippen molar-refractivity contribution in [3.8, 4) is 0 Å². The van der Waals surface area contributed by atoms with Gasteiger partial charge in [-0.25, -0.2) is 8.42 Å². The molecule has 0 fully saturated rings. The summed E-state index contributed by atoms with van der Waals surface area (Å²) in [6.07, 6.45) is 0. The molecule has 0 saturated heterocycles. The van der Waals surface area contributed by atoms with Gasteiger partial charge in [-0.1, -0.05) is 0 Å². The van der Waals surface area contributed by atoms with Gasteiger partial charge in [0.15, 0.2) is 4.67 Å². The van der Waals surface area contributed by atoms with Crippen LogP contribution in [0.15, 0.2) is 20.0 Å². The van der Waals surface area contributed by atoms with Gasteiger partial charge in [0.1, 0.15) is 10.7 Å². The van der Waals surface area contributed by atoms with E-state index in [1.54, 1.807) is 0 Å². The van der Waals surface area contributed by atoms with Crippen molar-refractivity contribution >= 4 is 26.0 Å². The third-order valence-electron chi connectivity index (χ3n) is 2.35. The molecule has 0 aliphatic carbocycles. The van der Waals surface area contributed by atoms with Crippen molar-refractivity contribution in [3.63, 3.8) is 0 Å². The summed E-state index contributed by atoms with van der Waals surface area (Å²) in [5.74, 6) is 0.415. The summed E-state index contributed by atoms with van der Waals surface area (Å²) in [7, 11) is -2.09. The van der Waals surface area contributed by atoms with Gasteiger partial charge in [-0.05, 0) is 22.9 Å². The standard InChI is InChI=1S/C10H17BrN2O4S/c1-3-16-5-4-13(2)18(14,15)9-6-8(7-12)17-10(9)11/h6H,3-5,7,12H2,1-2H3. The molecule has 18 heavy (non-hydrogen) atoms. The van der Waals surface area contributed by atoms with Gasteiger partial charge in [0.25, 0.3) is 0 Å². The Labute approximate surface area is 115 Å². The van der Waals surface area contributed by atoms with Crippen LogP contribution in [-0.2, 0) is 21.3 Å². The summed E-state index contributed by atoms with van der Waals surface area (Å²) in [5, 5.41) is 0. The van der Waals surface area contributed by atoms with Gasteiger partial charge in [-0.15, -0.1) is 0 Å². The molecule has 1 heterocycles. The van der Waals surface area contributed by atoms with Crippen LogP contribution >= 0.6 is 15.9 Å². The Balaban J connectivity index is 2.87. The molecule has 0 amide bonds. The lowest BCUT2D eigenvalue weighted by atomic mass is 10.5. The quantitative estimate of drug-likeness (QED) is 0.752. The number of rotatable bonds is 7. The number of ether oxygens (including phenoxy) is 1. The molecule has 2 N–H and O–H groups in total. The second kappa shape index (κ2) is 6.67. The number of likely N-dealkylation sites (N-methyl/N-ethyl adjacent to an activating group) is 1. The molecule has 0 aromatic carbocycles. The average molecular weight is 341 g/mol. The normalized spacial score (nSPS) is 12.3. The molecule has 0 unspecified atom stereocenters. The second-order valence-corrected chi connectivity index (χ2v) is 6.31. The largest absolute Gasteiger partial charge is 0.452 e. The number of sulfonamides is 1. The molecule has 0 bridgehead atoms. The maximum atomic E-state index is 12.2. The van der Waals surface area contributed by atoms with Gasteiger partial charge in [0.05, 0.1) is 13.2 Å². The fourth-order valence-corrected chi connectivity index (χ4v) is 3.41. The highest BCUT2D eigenvalue weighted by Gasteiger charge is 2.26. The summed E-state index contributed by atoms with van der Waals surface area (Å²) < 4.78 is 36.1. The second-order valence-electron chi connectivity index (χ2n) is 3.58. The lowest BCUT2D eigenvalue weighted by Gasteiger charge is -2.15. The van der Waals surface area contributed by atoms with Gasteiger partial charge in [-0.2, -0.15) is 4.31 Å². The molecule has 8 heteroatoms. The Morgan fingerprint density at radius 2 is 2.22 bits per heavy atom. The molecular weight excluding hydrogens is 324 g/mol. The molecule has 0 aliphatic rings. The summed E-state index contributed by atoms with van der Waals surface area (Å²) >= 11 is 3.08. The predicted octanol–water partition coefficient (Wildman–Crippen LogP) is 1.16. The lowest BCUT2D eigenvalue weighted by Crippen LogP contribution is -2.30. The van der Waals surface area contributed by atoms with Crippen molar-refractivity contribution < 1.29 is 17.6 Å². The molecule has 1 aromatic rings. The zero-order valence-electron chi connectivity index (χ0n) is 10.3. The maximum absolute atomic E-state index is 12.2. The minimum atomic E-state index is -3.58. The van der Waals surface area contributed by atoms with Gasteiger partial charge >= 0.3 is 0 Å². The lowest BCUT2D eigenvalue weighted by molar-refractivity contribution is 0.138. The van der Waals surface area contributed by atoms with Crippen LogP contribution in [0.5, 0.6) is 0 Å². The highest BCUT2D eigenvalue weighted by Crippen LogP contribution is 2.27. The zero-order chi connectivity index (χ0) is 13.8. The molecule has 6 nitrogen and oxygen atoms in total. The van der Waals surface area contributed by atoms with Crippen molar-refractivity contribution in [1.29, 1.82) is 0 Å². The fourth-order valence-electron chi connectivity index (χ4n) is 1.30. The number of nitrogens with two attached hydrogens (primary N) is 1. The van der Waals surface area contributed by atoms with E-state index in [-0.39, 0.29) is 22.7 Å². The van der Waals surface area contributed by atoms with E-state index in [1.165, 1.54) is 17.4 Å². The van der Waals surface area contributed by atoms with Crippen LogP contribution in [0.1, 0.15) is 12.7 Å². The number of furan rings is 1. The predicted molar refractivity (Wildman–Crippen MR) is 70.6 cm³/mol. The Morgan fingerprint density at radius 1 is 1.56 bits per heavy atom. The smallest absolute Gasteiger partial charge is 0.247 e. The van der Waals surface area contributed by atoms with Crippen LogP contribution in [0, 0.1) is 0 Å². The Kier molecular flexibility index (Phi) is 5.80. The van der Waals surface area contributed by atoms with E-state index >= 15 is 0 Å². The molecule has 0 atom stereocenters. The van der Waals surface area contributed by atoms with Crippen molar-refractivity contribution in [2.45, 2.75) is 18.4 Å². The van der Waals surface area contributed by atoms with E-state index in [0.717, 1.165) is 0 Å². The van der Waals surface area contributed by atoms with Crippen LogP contribution in [0.4, 0.5) is 0 Å². The van der Waals surface area contributed by atoms with E-state index in [4.69, 9.17) is 14.9 Å². The third-order valence-corrected chi connectivity index (χ3v) is 5.06. The van der Waals surface area contributed by atoms with E-state index in [1.807, 2.05) is 6.92 Å². The van der Waals surface area contributed by atoms with Crippen molar-refractivity contribution in [2.24, 2.45) is 5.73 Å². The van der Waals surface area contributed by atoms with Gasteiger partial charge in [0.2, 0.25) is 10.0 Å². The number of hydrogen-bond acceptors (Lipinski definition) is 5. The Hall–Kier alpha value is -0.410. The Bertz CT molecular complexity index is 486. The van der Waals surface area contributed by atoms with Crippen LogP contribution in [-0.4, -0.2) is 39.5 Å². The maximum Gasteiger partial charge on any atom is 0.247 e. The van der Waals surface area contributed by atoms with Crippen LogP contribution < -0.4 is 5.73 Å². The first-order valence-electron chi connectivity index (χ1n) is 5.45. The van der Waals surface area contributed by atoms with Crippen LogP contribution in [0.25, 0.3) is 0 Å². The number of nitrogens with zero attached hydrogens (tertiary/aromatic N) is 1. The van der Waals surface area contributed by atoms with Gasteiger partial charge in [0, 0.05) is 26.3 Å². The van der Waals surface area contributed by atoms with E-state index < -0.39 is 10.0 Å². The average Bonchev–Trinajstić information content (AvgIpc) is 2.71. The van der Waals surface area contributed by atoms with E-state index in [9.17, 15) is 8.42 Å². The summed E-state index contributed by atoms with van der Waals surface area (Å²) in [4.78, 5) is 0.0851. The van der Waals surface area contributed by atoms with Gasteiger partial charge in [-0.3, -0.25) is 0 Å². The minimum absolute atomic E-state index is 0.0851. The molecule has 0 spiro atoms. The topological polar surface area (TPSA) is 85.8 Å². The molecule has 104 valence electrons. The molecular formula is C10H17BrN2O4S. The molecule has 0 radical (unpaired) electrons. The first-order valence-corrected chi connectivity index (χ1v) is 7.69. The van der Waals surface area contributed by atoms with Crippen molar-refractivity contribution in [1.82, 2.24) is 4.31 Å². The monoisotopic (exact) mass is 340 g/mol. The van der Waals surface area contributed by atoms with Crippen LogP contribution in [0.2, 0.25) is 0 Å². The highest BCUT2D eigenvalue weighted by atomic mass is 79.9. The van der Waals surface area contributed by atoms with Crippen molar-refractivity contribution in [2.75, 3.05) is 26.8 Å². The molecule has 1 rings (SSSR count). The summed E-state index contributed by atoms with van der Waals surface area (Å²) in [5.41, 5.74) is 5.41. The number of halogens is 1. The van der Waals surface area contributed by atoms with E-state index in [0.29, 0.717) is 19.0 Å². The van der Waals surface area contributed by atoms with Gasteiger partial charge < -0.3 is 14.9 Å². The molecule has 0 saturated carbocycles. The Morgan fingerprint density at radius 3 is 2.72 bits per heavy atom. The van der Waals surface area contributed by atoms with E-state index in [2.05, 4.69) is 15.9 Å². The zero-order valence-corrected chi connectivity index (χ0v) is 12.8. The SMILES string of the molecule is CCOCCN(C)S(=O)(=O)c1cc(CN)oc1Br. The highest BCUT2D eigenvalue weighted by molar-refractivity contribution is 9.10. The minimum Gasteiger partial charge on any atom is -0.452 e. The third kappa shape index (κ3) is 3.55. The molecule has 1 aromatic heterocycles. The van der Waals surface area contributed by atoms with Crippen molar-refractivity contribution in [3.05, 3.63) is 16.5 Å². The molecule has 0 aliphatic heterocycles. The first kappa shape index (κ1) is 15.6. The number of hydrogen-bond donors (Lipinski definition) is 1. The fraction of sp³-hybridized carbons (Fsp3) is 0.600. The summed E-state index contributed by atoms with van der Waals surface area (Å²) in [6, 6.07) is 1.43.